The number of fused-ring (bicyclic) bond motifs is 24. The van der Waals surface area contributed by atoms with E-state index < -0.39 is 0 Å². The fourth-order valence-corrected chi connectivity index (χ4v) is 23.9. The van der Waals surface area contributed by atoms with Crippen molar-refractivity contribution in [3.63, 3.8) is 0 Å². The summed E-state index contributed by atoms with van der Waals surface area (Å²) in [5.74, 6) is 3.43. The molecule has 0 saturated heterocycles. The van der Waals surface area contributed by atoms with Crippen LogP contribution in [0.15, 0.2) is 146 Å². The van der Waals surface area contributed by atoms with Gasteiger partial charge in [-0.2, -0.15) is 0 Å². The molecule has 7 aromatic heterocycles. The molecule has 0 fully saturated rings. The number of rotatable bonds is 12. The van der Waals surface area contributed by atoms with Crippen molar-refractivity contribution in [1.29, 1.82) is 0 Å². The Morgan fingerprint density at radius 1 is 0.181 bits per heavy atom. The third kappa shape index (κ3) is 14.1. The topological polar surface area (TPSA) is 107 Å². The lowest BCUT2D eigenvalue weighted by atomic mass is 9.93. The van der Waals surface area contributed by atoms with E-state index in [0.29, 0.717) is 68.4 Å². The van der Waals surface area contributed by atoms with E-state index in [4.69, 9.17) is 48.4 Å². The zero-order valence-electron chi connectivity index (χ0n) is 68.2. The lowest BCUT2D eigenvalue weighted by Gasteiger charge is -2.16. The zero-order valence-corrected chi connectivity index (χ0v) is 73.1. The largest absolute Gasteiger partial charge is 0.496 e. The highest BCUT2D eigenvalue weighted by atomic mass is 32.1. The van der Waals surface area contributed by atoms with Crippen molar-refractivity contribution in [3.8, 4) is 101 Å². The summed E-state index contributed by atoms with van der Waals surface area (Å²) in [5.41, 5.74) is 32.1. The number of benzene rings is 6. The van der Waals surface area contributed by atoms with E-state index in [9.17, 15) is 0 Å². The fraction of sp³-hybridized carbons (Fsp3) is 0.180. The minimum Gasteiger partial charge on any atom is -0.496 e. The van der Waals surface area contributed by atoms with Crippen LogP contribution in [0.3, 0.4) is 0 Å². The molecule has 13 aromatic rings. The quantitative estimate of drug-likeness (QED) is 0.117. The number of ether oxygens (including phenoxy) is 6. The molecule has 116 heavy (non-hydrogen) atoms. The van der Waals surface area contributed by atoms with E-state index in [0.717, 1.165) is 116 Å². The molecule has 11 heterocycles. The van der Waals surface area contributed by atoms with E-state index in [1.54, 1.807) is 111 Å². The van der Waals surface area contributed by atoms with Crippen LogP contribution in [0, 0.1) is 83.1 Å². The molecule has 10 nitrogen and oxygen atoms in total. The zero-order chi connectivity index (χ0) is 80.8. The van der Waals surface area contributed by atoms with Crippen LogP contribution in [0.1, 0.15) is 112 Å². The molecule has 0 saturated carbocycles. The number of hydrogen-bond donors (Lipinski definition) is 0. The summed E-state index contributed by atoms with van der Waals surface area (Å²) < 4.78 is 51.0. The Morgan fingerprint density at radius 3 is 0.517 bits per heavy atom. The van der Waals surface area contributed by atoms with Crippen molar-refractivity contribution in [3.05, 3.63) is 258 Å². The first kappa shape index (κ1) is 77.2. The van der Waals surface area contributed by atoms with Crippen LogP contribution >= 0.6 is 68.0 Å². The number of aromatic nitrogens is 4. The highest BCUT2D eigenvalue weighted by Gasteiger charge is 2.30. The maximum absolute atomic E-state index is 6.37. The molecule has 0 aliphatic carbocycles. The molecule has 17 rings (SSSR count). The van der Waals surface area contributed by atoms with Crippen molar-refractivity contribution in [2.24, 2.45) is 0 Å². The standard InChI is InChI=1S/C100H86N4O6S6/c1-51-39-55(5)89(56(6)40-51)95-69-23-19-65(101-69)93(99-73(107-15)47-63(105-13)48-74(99)108-16)66-20-24-70(102-66)96(90-57(7)41-52(2)42-58(90)8)86-37-33-83(115-86)79-29-30-80(112-79)84-34-38-88(116-84)98(92-61(11)45-54(4)46-62(92)12)72-26-22-68(104-72)94(100-75(109-17)49-64(106-14)50-76(100)110-18)67-21-25-71(103-67)97(91-59(9)43-53(3)44-60(91)10)87-36-32-82(114-87)78-28-27-77(111-78)81-31-35-85(95)113-81/h19-50H,1-18H3. The van der Waals surface area contributed by atoms with E-state index in [2.05, 4.69) is 253 Å². The van der Waals surface area contributed by atoms with E-state index in [-0.39, 0.29) is 0 Å². The van der Waals surface area contributed by atoms with Crippen LogP contribution in [0.5, 0.6) is 34.5 Å². The first-order chi connectivity index (χ1) is 56.1. The minimum atomic E-state index is 0.560. The second-order valence-corrected chi connectivity index (χ2v) is 36.5. The number of hydrogen-bond acceptors (Lipinski definition) is 16. The van der Waals surface area contributed by atoms with Gasteiger partial charge in [-0.15, -0.1) is 68.0 Å². The predicted octanol–water partition coefficient (Wildman–Crippen LogP) is 29.0. The normalized spacial score (nSPS) is 12.1. The van der Waals surface area contributed by atoms with Crippen molar-refractivity contribution in [1.82, 2.24) is 19.9 Å². The molecule has 4 aliphatic rings. The summed E-state index contributed by atoms with van der Waals surface area (Å²) >= 11 is 10.8. The molecular formula is C100H86N4O6S6. The number of thiophene rings is 6. The summed E-state index contributed by atoms with van der Waals surface area (Å²) in [5, 5.41) is 0. The van der Waals surface area contributed by atoms with Gasteiger partial charge >= 0.3 is 0 Å². The van der Waals surface area contributed by atoms with Gasteiger partial charge in [0.1, 0.15) is 34.5 Å². The van der Waals surface area contributed by atoms with Gasteiger partial charge in [-0.05, 0) is 271 Å². The van der Waals surface area contributed by atoms with Gasteiger partial charge in [-0.3, -0.25) is 0 Å². The first-order valence-corrected chi connectivity index (χ1v) is 43.3. The van der Waals surface area contributed by atoms with Gasteiger partial charge in [0.05, 0.1) is 99.3 Å². The van der Waals surface area contributed by atoms with Crippen LogP contribution < -0.4 is 28.4 Å². The molecule has 0 atom stereocenters. The van der Waals surface area contributed by atoms with Crippen LogP contribution in [0.4, 0.5) is 0 Å². The molecule has 578 valence electrons. The van der Waals surface area contributed by atoms with E-state index >= 15 is 0 Å². The Labute approximate surface area is 700 Å². The first-order valence-electron chi connectivity index (χ1n) is 38.4. The maximum atomic E-state index is 6.37. The average Bonchev–Trinajstić information content (AvgIpc) is 1.75. The van der Waals surface area contributed by atoms with Gasteiger partial charge in [-0.25, -0.2) is 19.9 Å². The lowest BCUT2D eigenvalue weighted by Crippen LogP contribution is -1.99. The number of methoxy groups -OCH3 is 6. The second kappa shape index (κ2) is 31.4. The third-order valence-electron chi connectivity index (χ3n) is 21.8. The van der Waals surface area contributed by atoms with Crippen molar-refractivity contribution < 1.29 is 28.4 Å². The van der Waals surface area contributed by atoms with Crippen LogP contribution in [-0.4, -0.2) is 62.6 Å². The van der Waals surface area contributed by atoms with Gasteiger partial charge in [-0.1, -0.05) is 70.8 Å². The molecule has 0 spiro atoms. The van der Waals surface area contributed by atoms with Crippen LogP contribution in [0.25, 0.3) is 172 Å². The third-order valence-corrected chi connectivity index (χ3v) is 29.2. The van der Waals surface area contributed by atoms with Crippen molar-refractivity contribution >= 4 is 173 Å². The molecule has 0 unspecified atom stereocenters. The SMILES string of the molecule is COc1cc(OC)c(-c2c3nc(c(-c4c(C)cc(C)cc4C)c4ccc(s4)c4ccc(s4)c4ccc(s4)c(-c4c(C)cc(C)cc4C)c4nc(c(-c5c(OC)cc(OC)cc5OC)c5nc(c(-c6c(C)cc(C)cc6C)c6ccc(s6)c6ccc(s6)c6ccc(s6)c(-c6c(C)cc(C)cc6C)c6nc2C=C6)C=C5)C=C4)C=C3)c(OC)c1. The van der Waals surface area contributed by atoms with Crippen LogP contribution in [0.2, 0.25) is 0 Å². The maximum Gasteiger partial charge on any atom is 0.134 e. The number of nitrogens with zero attached hydrogens (tertiary/aromatic N) is 4. The molecule has 0 N–H and O–H groups in total. The van der Waals surface area contributed by atoms with E-state index in [1.165, 1.54) is 85.6 Å². The fourth-order valence-electron chi connectivity index (χ4n) is 17.3. The molecule has 0 radical (unpaired) electrons. The molecule has 20 bridgehead atoms. The summed E-state index contributed by atoms with van der Waals surface area (Å²) in [7, 11) is 10.1. The second-order valence-electron chi connectivity index (χ2n) is 30.0. The average molecular weight is 1630 g/mol. The lowest BCUT2D eigenvalue weighted by molar-refractivity contribution is 0.377. The highest BCUT2D eigenvalue weighted by Crippen LogP contribution is 2.52. The van der Waals surface area contributed by atoms with Gasteiger partial charge in [0.2, 0.25) is 0 Å². The van der Waals surface area contributed by atoms with Gasteiger partial charge in [0.25, 0.3) is 0 Å². The number of aryl methyl sites for hydroxylation is 12. The summed E-state index contributed by atoms with van der Waals surface area (Å²) in [6.45, 7) is 26.4. The molecule has 6 aromatic carbocycles. The van der Waals surface area contributed by atoms with Crippen molar-refractivity contribution in [2.75, 3.05) is 42.7 Å². The predicted molar refractivity (Wildman–Crippen MR) is 500 cm³/mol. The smallest absolute Gasteiger partial charge is 0.134 e. The summed E-state index contributed by atoms with van der Waals surface area (Å²) in [6.07, 6.45) is 17.2. The van der Waals surface area contributed by atoms with Gasteiger partial charge < -0.3 is 28.4 Å². The molecular weight excluding hydrogens is 1550 g/mol. The van der Waals surface area contributed by atoms with Gasteiger partial charge in [0, 0.05) is 114 Å². The Hall–Kier alpha value is -11.3. The van der Waals surface area contributed by atoms with Crippen molar-refractivity contribution in [2.45, 2.75) is 83.1 Å². The Balaban J connectivity index is 1.01. The Kier molecular flexibility index (Phi) is 20.9. The summed E-state index contributed by atoms with van der Waals surface area (Å²) in [6, 6.07) is 53.2. The highest BCUT2D eigenvalue weighted by molar-refractivity contribution is 7.34. The van der Waals surface area contributed by atoms with E-state index in [1.807, 2.05) is 24.3 Å². The monoisotopic (exact) mass is 1630 g/mol. The minimum absolute atomic E-state index is 0.560. The summed E-state index contributed by atoms with van der Waals surface area (Å²) in [4.78, 5) is 23.2. The molecule has 16 heteroatoms. The Morgan fingerprint density at radius 2 is 0.345 bits per heavy atom. The molecule has 0 amide bonds. The molecule has 4 aliphatic heterocycles. The van der Waals surface area contributed by atoms with Crippen LogP contribution in [-0.2, 0) is 0 Å². The Bertz CT molecular complexity index is 6120. The van der Waals surface area contributed by atoms with Gasteiger partial charge in [0.15, 0.2) is 0 Å².